The summed E-state index contributed by atoms with van der Waals surface area (Å²) in [5.74, 6) is -1.63. The highest BCUT2D eigenvalue weighted by molar-refractivity contribution is 9.10. The average Bonchev–Trinajstić information content (AvgIpc) is 2.89. The number of imide groups is 1. The van der Waals surface area contributed by atoms with E-state index in [-0.39, 0.29) is 17.3 Å². The highest BCUT2D eigenvalue weighted by Crippen LogP contribution is 2.36. The number of carbonyl (C=O) groups is 3. The molecule has 1 aliphatic rings. The second kappa shape index (κ2) is 8.86. The Hall–Kier alpha value is -2.55. The summed E-state index contributed by atoms with van der Waals surface area (Å²) in [5.41, 5.74) is 1.25. The fourth-order valence-corrected chi connectivity index (χ4v) is 3.76. The smallest absolute Gasteiger partial charge is 0.329 e. The molecule has 0 unspecified atom stereocenters. The van der Waals surface area contributed by atoms with Gasteiger partial charge in [0.1, 0.15) is 18.8 Å². The van der Waals surface area contributed by atoms with E-state index in [1.54, 1.807) is 18.2 Å². The van der Waals surface area contributed by atoms with Crippen LogP contribution in [0.4, 0.5) is 4.79 Å². The van der Waals surface area contributed by atoms with Crippen LogP contribution in [0.3, 0.4) is 0 Å². The molecule has 1 heterocycles. The molecule has 1 fully saturated rings. The van der Waals surface area contributed by atoms with Crippen LogP contribution in [-0.4, -0.2) is 34.5 Å². The molecule has 3 amide bonds. The molecular formula is C19H13BrCl2N2O5. The van der Waals surface area contributed by atoms with Gasteiger partial charge in [0.25, 0.3) is 5.91 Å². The van der Waals surface area contributed by atoms with Gasteiger partial charge in [0.05, 0.1) is 9.50 Å². The molecule has 2 aromatic carbocycles. The zero-order valence-corrected chi connectivity index (χ0v) is 17.7. The van der Waals surface area contributed by atoms with Crippen LogP contribution in [0.15, 0.2) is 46.6 Å². The minimum Gasteiger partial charge on any atom is -0.486 e. The summed E-state index contributed by atoms with van der Waals surface area (Å²) in [5, 5.41) is 12.0. The minimum atomic E-state index is -1.29. The number of hydrogen-bond acceptors (Lipinski definition) is 4. The zero-order chi connectivity index (χ0) is 21.1. The van der Waals surface area contributed by atoms with Gasteiger partial charge in [0.15, 0.2) is 5.75 Å². The number of amides is 3. The second-order valence-electron chi connectivity index (χ2n) is 5.97. The summed E-state index contributed by atoms with van der Waals surface area (Å²) in [4.78, 5) is 35.4. The summed E-state index contributed by atoms with van der Waals surface area (Å²) >= 11 is 15.8. The Kier molecular flexibility index (Phi) is 6.46. The minimum absolute atomic E-state index is 0.0519. The normalized spacial score (nSPS) is 15.0. The maximum atomic E-state index is 12.2. The number of benzene rings is 2. The molecule has 150 valence electrons. The van der Waals surface area contributed by atoms with Crippen molar-refractivity contribution in [2.75, 3.05) is 6.54 Å². The van der Waals surface area contributed by atoms with E-state index in [9.17, 15) is 14.4 Å². The number of aliphatic carboxylic acids is 1. The lowest BCUT2D eigenvalue weighted by molar-refractivity contribution is -0.140. The number of hydrogen-bond donors (Lipinski definition) is 2. The van der Waals surface area contributed by atoms with Crippen LogP contribution in [0.2, 0.25) is 10.0 Å². The van der Waals surface area contributed by atoms with Crippen molar-refractivity contribution >= 4 is 63.1 Å². The average molecular weight is 500 g/mol. The molecule has 0 radical (unpaired) electrons. The molecule has 29 heavy (non-hydrogen) atoms. The van der Waals surface area contributed by atoms with Crippen molar-refractivity contribution < 1.29 is 24.2 Å². The van der Waals surface area contributed by atoms with Gasteiger partial charge in [0, 0.05) is 10.6 Å². The number of carboxylic acid groups (broad SMARTS) is 1. The fourth-order valence-electron chi connectivity index (χ4n) is 2.58. The van der Waals surface area contributed by atoms with E-state index in [0.29, 0.717) is 25.7 Å². The molecule has 1 saturated heterocycles. The number of urea groups is 1. The van der Waals surface area contributed by atoms with Crippen molar-refractivity contribution in [3.63, 3.8) is 0 Å². The monoisotopic (exact) mass is 498 g/mol. The molecule has 0 atom stereocenters. The van der Waals surface area contributed by atoms with Crippen molar-refractivity contribution in [1.82, 2.24) is 10.2 Å². The van der Waals surface area contributed by atoms with Crippen LogP contribution in [0, 0.1) is 0 Å². The standard InChI is InChI=1S/C19H13BrCl2N2O5/c20-12-5-10(7-15-18(27)24(8-16(25)26)19(28)23-15)6-14(22)17(12)29-9-11-3-1-2-4-13(11)21/h1-7H,8-9H2,(H,23,28)(H,25,26)/b15-7+. The summed E-state index contributed by atoms with van der Waals surface area (Å²) in [6, 6.07) is 9.66. The highest BCUT2D eigenvalue weighted by atomic mass is 79.9. The van der Waals surface area contributed by atoms with Gasteiger partial charge < -0.3 is 15.2 Å². The second-order valence-corrected chi connectivity index (χ2v) is 7.64. The third-order valence-corrected chi connectivity index (χ3v) is 5.16. The highest BCUT2D eigenvalue weighted by Gasteiger charge is 2.34. The van der Waals surface area contributed by atoms with Crippen molar-refractivity contribution in [3.8, 4) is 5.75 Å². The van der Waals surface area contributed by atoms with Gasteiger partial charge in [-0.2, -0.15) is 0 Å². The van der Waals surface area contributed by atoms with Crippen molar-refractivity contribution in [1.29, 1.82) is 0 Å². The van der Waals surface area contributed by atoms with E-state index in [0.717, 1.165) is 5.56 Å². The van der Waals surface area contributed by atoms with E-state index < -0.39 is 24.5 Å². The van der Waals surface area contributed by atoms with E-state index in [2.05, 4.69) is 21.2 Å². The van der Waals surface area contributed by atoms with E-state index in [4.69, 9.17) is 33.0 Å². The summed E-state index contributed by atoms with van der Waals surface area (Å²) in [6.45, 7) is -0.515. The molecular weight excluding hydrogens is 487 g/mol. The molecule has 10 heteroatoms. The first kappa shape index (κ1) is 21.2. The molecule has 2 N–H and O–H groups in total. The quantitative estimate of drug-likeness (QED) is 0.456. The van der Waals surface area contributed by atoms with Gasteiger partial charge in [-0.15, -0.1) is 0 Å². The molecule has 1 aliphatic heterocycles. The Balaban J connectivity index is 1.80. The number of rotatable bonds is 6. The molecule has 0 saturated carbocycles. The first-order chi connectivity index (χ1) is 13.8. The lowest BCUT2D eigenvalue weighted by Crippen LogP contribution is -2.35. The Morgan fingerprint density at radius 2 is 1.93 bits per heavy atom. The van der Waals surface area contributed by atoms with Crippen molar-refractivity contribution in [2.45, 2.75) is 6.61 Å². The van der Waals surface area contributed by atoms with Crippen LogP contribution >= 0.6 is 39.1 Å². The van der Waals surface area contributed by atoms with E-state index in [1.807, 2.05) is 18.2 Å². The first-order valence-corrected chi connectivity index (χ1v) is 9.72. The molecule has 0 aromatic heterocycles. The van der Waals surface area contributed by atoms with E-state index >= 15 is 0 Å². The fraction of sp³-hybridized carbons (Fsp3) is 0.105. The predicted molar refractivity (Wildman–Crippen MR) is 111 cm³/mol. The maximum absolute atomic E-state index is 12.2. The first-order valence-electron chi connectivity index (χ1n) is 8.18. The third-order valence-electron chi connectivity index (χ3n) is 3.92. The molecule has 0 spiro atoms. The van der Waals surface area contributed by atoms with Crippen LogP contribution in [0.1, 0.15) is 11.1 Å². The lowest BCUT2D eigenvalue weighted by Gasteiger charge is -2.12. The largest absolute Gasteiger partial charge is 0.486 e. The molecule has 0 aliphatic carbocycles. The predicted octanol–water partition coefficient (Wildman–Crippen LogP) is 4.31. The number of ether oxygens (including phenoxy) is 1. The van der Waals surface area contributed by atoms with Gasteiger partial charge in [-0.1, -0.05) is 41.4 Å². The van der Waals surface area contributed by atoms with Crippen LogP contribution in [0.5, 0.6) is 5.75 Å². The zero-order valence-electron chi connectivity index (χ0n) is 14.6. The summed E-state index contributed by atoms with van der Waals surface area (Å²) in [6.07, 6.45) is 1.40. The number of nitrogens with one attached hydrogen (secondary N) is 1. The molecule has 7 nitrogen and oxygen atoms in total. The maximum Gasteiger partial charge on any atom is 0.329 e. The number of nitrogens with zero attached hydrogens (tertiary/aromatic N) is 1. The van der Waals surface area contributed by atoms with Gasteiger partial charge in [-0.25, -0.2) is 9.69 Å². The molecule has 2 aromatic rings. The topological polar surface area (TPSA) is 95.9 Å². The van der Waals surface area contributed by atoms with Gasteiger partial charge in [-0.3, -0.25) is 9.59 Å². The van der Waals surface area contributed by atoms with Gasteiger partial charge >= 0.3 is 12.0 Å². The molecule has 0 bridgehead atoms. The third kappa shape index (κ3) is 4.90. The SMILES string of the molecule is O=C(O)CN1C(=O)N/C(=C/c2cc(Cl)c(OCc3ccccc3Cl)c(Br)c2)C1=O. The Morgan fingerprint density at radius 3 is 2.59 bits per heavy atom. The van der Waals surface area contributed by atoms with Crippen LogP contribution in [0.25, 0.3) is 6.08 Å². The Bertz CT molecular complexity index is 1020. The summed E-state index contributed by atoms with van der Waals surface area (Å²) < 4.78 is 6.29. The van der Waals surface area contributed by atoms with Gasteiger partial charge in [-0.05, 0) is 45.8 Å². The molecule has 3 rings (SSSR count). The van der Waals surface area contributed by atoms with Crippen LogP contribution < -0.4 is 10.1 Å². The number of carbonyl (C=O) groups excluding carboxylic acids is 2. The Labute approximate surface area is 184 Å². The van der Waals surface area contributed by atoms with Crippen molar-refractivity contribution in [3.05, 3.63) is 67.7 Å². The summed E-state index contributed by atoms with van der Waals surface area (Å²) in [7, 11) is 0. The van der Waals surface area contributed by atoms with Gasteiger partial charge in [0.2, 0.25) is 0 Å². The lowest BCUT2D eigenvalue weighted by atomic mass is 10.1. The van der Waals surface area contributed by atoms with Crippen molar-refractivity contribution in [2.24, 2.45) is 0 Å². The number of carboxylic acids is 1. The Morgan fingerprint density at radius 1 is 1.21 bits per heavy atom. The number of halogens is 3. The van der Waals surface area contributed by atoms with Crippen LogP contribution in [-0.2, 0) is 16.2 Å². The van der Waals surface area contributed by atoms with E-state index in [1.165, 1.54) is 6.08 Å².